The molecule has 1 aromatic carbocycles. The van der Waals surface area contributed by atoms with E-state index in [1.807, 2.05) is 24.3 Å². The fraction of sp³-hybridized carbons (Fsp3) is 0.368. The first-order valence-electron chi connectivity index (χ1n) is 8.07. The predicted molar refractivity (Wildman–Crippen MR) is 89.0 cm³/mol. The Kier molecular flexibility index (Phi) is 3.17. The Morgan fingerprint density at radius 2 is 2.29 bits per heavy atom. The lowest BCUT2D eigenvalue weighted by atomic mass is 9.82. The smallest absolute Gasteiger partial charge is 0.338 e. The van der Waals surface area contributed by atoms with E-state index in [-0.39, 0.29) is 11.8 Å². The molecule has 5 heteroatoms. The number of fused-ring (bicyclic) bond motifs is 5. The van der Waals surface area contributed by atoms with Crippen molar-refractivity contribution in [2.75, 3.05) is 13.7 Å². The first-order chi connectivity index (χ1) is 11.6. The van der Waals surface area contributed by atoms with Gasteiger partial charge in [-0.15, -0.1) is 12.3 Å². The third-order valence-corrected chi connectivity index (χ3v) is 5.32. The summed E-state index contributed by atoms with van der Waals surface area (Å²) in [4.78, 5) is 30.7. The van der Waals surface area contributed by atoms with E-state index >= 15 is 0 Å². The first kappa shape index (κ1) is 14.8. The average Bonchev–Trinajstić information content (AvgIpc) is 3.12. The third kappa shape index (κ3) is 1.71. The van der Waals surface area contributed by atoms with Crippen LogP contribution in [0.3, 0.4) is 0 Å². The van der Waals surface area contributed by atoms with Crippen molar-refractivity contribution < 1.29 is 14.3 Å². The minimum atomic E-state index is -1.08. The Bertz CT molecular complexity index is 892. The molecule has 0 bridgehead atoms. The Balaban J connectivity index is 1.96. The minimum Gasteiger partial charge on any atom is -0.467 e. The molecule has 0 aliphatic carbocycles. The number of rotatable bonds is 2. The van der Waals surface area contributed by atoms with Crippen LogP contribution in [0, 0.1) is 18.3 Å². The highest BCUT2D eigenvalue weighted by Crippen LogP contribution is 2.49. The van der Waals surface area contributed by atoms with E-state index in [1.54, 1.807) is 4.90 Å². The number of nitrogens with one attached hydrogen (secondary N) is 1. The summed E-state index contributed by atoms with van der Waals surface area (Å²) in [6, 6.07) is 7.96. The molecular weight excluding hydrogens is 304 g/mol. The number of H-pyrrole nitrogens is 1. The number of aromatic amines is 1. The highest BCUT2D eigenvalue weighted by atomic mass is 16.5. The Hall–Kier alpha value is -2.74. The standard InChI is InChI=1S/C19H18N2O3/c1-3-6-12-11-19(18(23)24-2)16-14(9-10-21(19)17(12)22)13-7-4-5-8-15(13)20-16/h1,4-5,7-8,12,20H,6,9-11H2,2H3/t12-,19-/m1/s1. The largest absolute Gasteiger partial charge is 0.467 e. The molecule has 1 saturated heterocycles. The van der Waals surface area contributed by atoms with Crippen LogP contribution in [0.15, 0.2) is 24.3 Å². The zero-order valence-electron chi connectivity index (χ0n) is 13.5. The molecule has 3 heterocycles. The highest BCUT2D eigenvalue weighted by molar-refractivity contribution is 5.97. The van der Waals surface area contributed by atoms with E-state index in [2.05, 4.69) is 10.9 Å². The van der Waals surface area contributed by atoms with Crippen LogP contribution in [0.4, 0.5) is 0 Å². The second-order valence-corrected chi connectivity index (χ2v) is 6.43. The zero-order chi connectivity index (χ0) is 16.9. The quantitative estimate of drug-likeness (QED) is 0.679. The lowest BCUT2D eigenvalue weighted by Gasteiger charge is -2.39. The van der Waals surface area contributed by atoms with Gasteiger partial charge in [-0.25, -0.2) is 4.79 Å². The predicted octanol–water partition coefficient (Wildman–Crippen LogP) is 1.96. The molecule has 5 nitrogen and oxygen atoms in total. The number of ether oxygens (including phenoxy) is 1. The zero-order valence-corrected chi connectivity index (χ0v) is 13.5. The van der Waals surface area contributed by atoms with Crippen LogP contribution >= 0.6 is 0 Å². The molecule has 2 aliphatic heterocycles. The summed E-state index contributed by atoms with van der Waals surface area (Å²) >= 11 is 0. The van der Waals surface area contributed by atoms with Crippen LogP contribution in [-0.2, 0) is 26.3 Å². The number of hydrogen-bond acceptors (Lipinski definition) is 3. The highest BCUT2D eigenvalue weighted by Gasteiger charge is 2.60. The number of aromatic nitrogens is 1. The van der Waals surface area contributed by atoms with Crippen molar-refractivity contribution in [1.29, 1.82) is 0 Å². The van der Waals surface area contributed by atoms with Crippen LogP contribution in [0.25, 0.3) is 10.9 Å². The summed E-state index contributed by atoms with van der Waals surface area (Å²) in [5.41, 5.74) is 1.77. The maximum atomic E-state index is 12.8. The number of carbonyl (C=O) groups is 2. The lowest BCUT2D eigenvalue weighted by Crippen LogP contribution is -2.53. The van der Waals surface area contributed by atoms with Gasteiger partial charge in [0.1, 0.15) is 0 Å². The van der Waals surface area contributed by atoms with Gasteiger partial charge in [-0.1, -0.05) is 18.2 Å². The van der Waals surface area contributed by atoms with Gasteiger partial charge in [-0.3, -0.25) is 4.79 Å². The summed E-state index contributed by atoms with van der Waals surface area (Å²) in [5, 5.41) is 1.10. The minimum absolute atomic E-state index is 0.0531. The number of methoxy groups -OCH3 is 1. The summed E-state index contributed by atoms with van der Waals surface area (Å²) in [6.45, 7) is 0.504. The Morgan fingerprint density at radius 1 is 1.50 bits per heavy atom. The molecule has 2 atom stereocenters. The van der Waals surface area contributed by atoms with Gasteiger partial charge in [-0.2, -0.15) is 0 Å². The summed E-state index contributed by atoms with van der Waals surface area (Å²) in [6.07, 6.45) is 6.84. The van der Waals surface area contributed by atoms with E-state index < -0.39 is 11.5 Å². The number of hydrogen-bond donors (Lipinski definition) is 1. The summed E-state index contributed by atoms with van der Waals surface area (Å²) in [5.74, 6) is 1.77. The molecule has 0 saturated carbocycles. The van der Waals surface area contributed by atoms with Gasteiger partial charge in [0.2, 0.25) is 5.91 Å². The van der Waals surface area contributed by atoms with Crippen molar-refractivity contribution in [3.8, 4) is 12.3 Å². The molecule has 122 valence electrons. The number of terminal acetylenes is 1. The van der Waals surface area contributed by atoms with Crippen LogP contribution in [0.5, 0.6) is 0 Å². The SMILES string of the molecule is C#CC[C@@H]1C[C@]2(C(=O)OC)c3[nH]c4ccccc4c3CCN2C1=O. The fourth-order valence-corrected chi connectivity index (χ4v) is 4.30. The molecule has 1 fully saturated rings. The average molecular weight is 322 g/mol. The Morgan fingerprint density at radius 3 is 3.04 bits per heavy atom. The van der Waals surface area contributed by atoms with Crippen LogP contribution in [0.2, 0.25) is 0 Å². The molecule has 1 amide bonds. The van der Waals surface area contributed by atoms with Crippen molar-refractivity contribution in [3.63, 3.8) is 0 Å². The van der Waals surface area contributed by atoms with Gasteiger partial charge in [0.05, 0.1) is 18.7 Å². The molecule has 0 spiro atoms. The number of benzene rings is 1. The monoisotopic (exact) mass is 322 g/mol. The van der Waals surface area contributed by atoms with Crippen molar-refractivity contribution >= 4 is 22.8 Å². The summed E-state index contributed by atoms with van der Waals surface area (Å²) in [7, 11) is 1.37. The first-order valence-corrected chi connectivity index (χ1v) is 8.07. The molecule has 4 rings (SSSR count). The molecule has 0 radical (unpaired) electrons. The van der Waals surface area contributed by atoms with Gasteiger partial charge < -0.3 is 14.6 Å². The van der Waals surface area contributed by atoms with Crippen LogP contribution < -0.4 is 0 Å². The second kappa shape index (κ2) is 5.13. The number of amides is 1. The number of nitrogens with zero attached hydrogens (tertiary/aromatic N) is 1. The van der Waals surface area contributed by atoms with E-state index in [1.165, 1.54) is 7.11 Å². The lowest BCUT2D eigenvalue weighted by molar-refractivity contribution is -0.159. The molecule has 2 aliphatic rings. The summed E-state index contributed by atoms with van der Waals surface area (Å²) < 4.78 is 5.12. The molecule has 24 heavy (non-hydrogen) atoms. The maximum Gasteiger partial charge on any atom is 0.338 e. The van der Waals surface area contributed by atoms with Gasteiger partial charge in [-0.05, 0) is 24.5 Å². The molecule has 2 aromatic rings. The number of esters is 1. The molecule has 1 aromatic heterocycles. The van der Waals surface area contributed by atoms with Crippen molar-refractivity contribution in [2.45, 2.75) is 24.8 Å². The second-order valence-electron chi connectivity index (χ2n) is 6.43. The van der Waals surface area contributed by atoms with Gasteiger partial charge in [0.15, 0.2) is 5.54 Å². The fourth-order valence-electron chi connectivity index (χ4n) is 4.30. The van der Waals surface area contributed by atoms with Crippen molar-refractivity contribution in [1.82, 2.24) is 9.88 Å². The molecule has 1 N–H and O–H groups in total. The third-order valence-electron chi connectivity index (χ3n) is 5.32. The van der Waals surface area contributed by atoms with Crippen LogP contribution in [0.1, 0.15) is 24.1 Å². The van der Waals surface area contributed by atoms with Crippen molar-refractivity contribution in [3.05, 3.63) is 35.5 Å². The topological polar surface area (TPSA) is 62.4 Å². The van der Waals surface area contributed by atoms with E-state index in [0.717, 1.165) is 22.2 Å². The van der Waals surface area contributed by atoms with E-state index in [9.17, 15) is 9.59 Å². The maximum absolute atomic E-state index is 12.8. The van der Waals surface area contributed by atoms with Gasteiger partial charge in [0.25, 0.3) is 0 Å². The van der Waals surface area contributed by atoms with Gasteiger partial charge in [0, 0.05) is 23.9 Å². The molecule has 0 unspecified atom stereocenters. The molecular formula is C19H18N2O3. The van der Waals surface area contributed by atoms with E-state index in [0.29, 0.717) is 25.8 Å². The van der Waals surface area contributed by atoms with E-state index in [4.69, 9.17) is 11.2 Å². The van der Waals surface area contributed by atoms with Crippen molar-refractivity contribution in [2.24, 2.45) is 5.92 Å². The Labute approximate surface area is 140 Å². The van der Waals surface area contributed by atoms with Gasteiger partial charge >= 0.3 is 5.97 Å². The number of para-hydroxylation sites is 1. The van der Waals surface area contributed by atoms with Crippen LogP contribution in [-0.4, -0.2) is 35.4 Å². The normalized spacial score (nSPS) is 25.2. The number of carbonyl (C=O) groups excluding carboxylic acids is 2.